The van der Waals surface area contributed by atoms with E-state index in [1.807, 2.05) is 13.0 Å². The Hall–Kier alpha value is -3.20. The van der Waals surface area contributed by atoms with Gasteiger partial charge in [-0.2, -0.15) is 0 Å². The Labute approximate surface area is 223 Å². The monoisotopic (exact) mass is 526 g/mol. The maximum absolute atomic E-state index is 15.4. The number of nitrogens with one attached hydrogen (secondary N) is 1. The number of rotatable bonds is 7. The van der Waals surface area contributed by atoms with Crippen LogP contribution in [0, 0.1) is 25.1 Å². The third-order valence-electron chi connectivity index (χ3n) is 6.66. The topological polar surface area (TPSA) is 98.0 Å². The van der Waals surface area contributed by atoms with Crippen molar-refractivity contribution in [2.24, 2.45) is 5.41 Å². The van der Waals surface area contributed by atoms with Gasteiger partial charge < -0.3 is 19.9 Å². The average Bonchev–Trinajstić information content (AvgIpc) is 3.20. The van der Waals surface area contributed by atoms with E-state index in [-0.39, 0.29) is 11.2 Å². The van der Waals surface area contributed by atoms with Crippen molar-refractivity contribution in [2.45, 2.75) is 86.4 Å². The first kappa shape index (κ1) is 27.8. The Morgan fingerprint density at radius 3 is 2.58 bits per heavy atom. The molecule has 1 atom stereocenters. The summed E-state index contributed by atoms with van der Waals surface area (Å²) in [6, 6.07) is 3.25. The van der Waals surface area contributed by atoms with Crippen molar-refractivity contribution in [1.29, 1.82) is 0 Å². The van der Waals surface area contributed by atoms with E-state index in [1.165, 1.54) is 6.07 Å². The predicted molar refractivity (Wildman–Crippen MR) is 145 cm³/mol. The zero-order valence-electron chi connectivity index (χ0n) is 23.7. The maximum atomic E-state index is 15.4. The van der Waals surface area contributed by atoms with Crippen molar-refractivity contribution in [3.05, 3.63) is 40.3 Å². The minimum absolute atomic E-state index is 0.151. The third kappa shape index (κ3) is 5.77. The minimum Gasteiger partial charge on any atom is -0.490 e. The van der Waals surface area contributed by atoms with E-state index in [0.717, 1.165) is 24.0 Å². The van der Waals surface area contributed by atoms with Gasteiger partial charge in [-0.05, 0) is 70.9 Å². The van der Waals surface area contributed by atoms with E-state index in [9.17, 15) is 9.90 Å². The largest absolute Gasteiger partial charge is 0.490 e. The fraction of sp³-hybridized carbons (Fsp3) is 0.552. The summed E-state index contributed by atoms with van der Waals surface area (Å²) in [6.45, 7) is 16.8. The van der Waals surface area contributed by atoms with Crippen LogP contribution in [0.15, 0.2) is 12.1 Å². The van der Waals surface area contributed by atoms with Crippen LogP contribution >= 0.6 is 0 Å². The number of fused-ring (bicyclic) bond motifs is 2. The Morgan fingerprint density at radius 1 is 1.24 bits per heavy atom. The van der Waals surface area contributed by atoms with Crippen LogP contribution in [0.3, 0.4) is 0 Å². The first-order valence-electron chi connectivity index (χ1n) is 13.2. The molecule has 0 amide bonds. The number of anilines is 1. The van der Waals surface area contributed by atoms with Gasteiger partial charge in [-0.15, -0.1) is 5.10 Å². The molecular formula is C29H39FN4O4. The number of ether oxygens (including phenoxy) is 2. The predicted octanol–water partition coefficient (Wildman–Crippen LogP) is 6.27. The molecule has 9 heteroatoms. The standard InChI is InChI=1S/C29H39FN4O4/c1-16-18-10-9-13-37-25(18)20(30)14-19(16)24-23(26(27(35)36)38-29(6,7)8)17(2)32-22-15-21(33-34(22)24)31-12-11-28(3,4)5/h14-15,26H,9-13H2,1-8H3,(H,31,33)(H,35,36)/t26-/m0/s1. The summed E-state index contributed by atoms with van der Waals surface area (Å²) in [5, 5.41) is 18.4. The Morgan fingerprint density at radius 2 is 1.95 bits per heavy atom. The SMILES string of the molecule is Cc1nc2cc(NCCC(C)(C)C)nn2c(-c2cc(F)c3c(c2C)CCCO3)c1[C@H](OC(C)(C)C)C(=O)O. The molecule has 8 nitrogen and oxygen atoms in total. The summed E-state index contributed by atoms with van der Waals surface area (Å²) in [4.78, 5) is 17.3. The van der Waals surface area contributed by atoms with Crippen molar-refractivity contribution in [2.75, 3.05) is 18.5 Å². The van der Waals surface area contributed by atoms with E-state index < -0.39 is 23.5 Å². The molecular weight excluding hydrogens is 487 g/mol. The van der Waals surface area contributed by atoms with Crippen molar-refractivity contribution in [3.63, 3.8) is 0 Å². The summed E-state index contributed by atoms with van der Waals surface area (Å²) in [5.41, 5.74) is 3.39. The molecule has 2 aromatic heterocycles. The van der Waals surface area contributed by atoms with Crippen LogP contribution in [0.25, 0.3) is 16.9 Å². The molecule has 0 aliphatic carbocycles. The number of benzene rings is 1. The van der Waals surface area contributed by atoms with Gasteiger partial charge >= 0.3 is 5.97 Å². The van der Waals surface area contributed by atoms with Gasteiger partial charge in [0, 0.05) is 35.0 Å². The summed E-state index contributed by atoms with van der Waals surface area (Å²) in [6.07, 6.45) is 1.05. The van der Waals surface area contributed by atoms with Crippen molar-refractivity contribution >= 4 is 17.4 Å². The zero-order valence-corrected chi connectivity index (χ0v) is 23.7. The zero-order chi connectivity index (χ0) is 28.0. The average molecular weight is 527 g/mol. The van der Waals surface area contributed by atoms with E-state index in [1.54, 1.807) is 32.2 Å². The van der Waals surface area contributed by atoms with Crippen molar-refractivity contribution in [1.82, 2.24) is 14.6 Å². The van der Waals surface area contributed by atoms with Gasteiger partial charge in [0.2, 0.25) is 0 Å². The lowest BCUT2D eigenvalue weighted by atomic mass is 9.91. The smallest absolute Gasteiger partial charge is 0.337 e. The van der Waals surface area contributed by atoms with E-state index in [2.05, 4.69) is 26.1 Å². The number of carboxylic acids is 1. The number of aryl methyl sites for hydroxylation is 1. The number of carboxylic acid groups (broad SMARTS) is 1. The van der Waals surface area contributed by atoms with Crippen molar-refractivity contribution < 1.29 is 23.8 Å². The lowest BCUT2D eigenvalue weighted by molar-refractivity contribution is -0.160. The minimum atomic E-state index is -1.34. The number of aromatic nitrogens is 3. The summed E-state index contributed by atoms with van der Waals surface area (Å²) in [5.74, 6) is -0.747. The lowest BCUT2D eigenvalue weighted by Crippen LogP contribution is -2.29. The van der Waals surface area contributed by atoms with Gasteiger partial charge in [0.1, 0.15) is 0 Å². The number of aliphatic carboxylic acids is 1. The number of carbonyl (C=O) groups is 1. The molecule has 1 aromatic carbocycles. The van der Waals surface area contributed by atoms with Crippen LogP contribution < -0.4 is 10.1 Å². The number of nitrogens with zero attached hydrogens (tertiary/aromatic N) is 3. The van der Waals surface area contributed by atoms with E-state index in [0.29, 0.717) is 53.6 Å². The van der Waals surface area contributed by atoms with Crippen LogP contribution in [-0.4, -0.2) is 44.4 Å². The fourth-order valence-corrected chi connectivity index (χ4v) is 4.85. The summed E-state index contributed by atoms with van der Waals surface area (Å²) < 4.78 is 28.7. The van der Waals surface area contributed by atoms with Crippen LogP contribution in [0.2, 0.25) is 0 Å². The normalized spacial score (nSPS) is 14.8. The van der Waals surface area contributed by atoms with Gasteiger partial charge in [-0.1, -0.05) is 20.8 Å². The van der Waals surface area contributed by atoms with E-state index in [4.69, 9.17) is 19.6 Å². The van der Waals surface area contributed by atoms with Gasteiger partial charge in [0.25, 0.3) is 0 Å². The molecule has 0 bridgehead atoms. The molecule has 0 radical (unpaired) electrons. The number of hydrogen-bond donors (Lipinski definition) is 2. The van der Waals surface area contributed by atoms with Crippen LogP contribution in [-0.2, 0) is 16.0 Å². The molecule has 0 saturated heterocycles. The van der Waals surface area contributed by atoms with Gasteiger partial charge in [0.05, 0.1) is 17.9 Å². The maximum Gasteiger partial charge on any atom is 0.337 e. The Kier molecular flexibility index (Phi) is 7.45. The Bertz CT molecular complexity index is 1370. The molecule has 0 fully saturated rings. The fourth-order valence-electron chi connectivity index (χ4n) is 4.85. The highest BCUT2D eigenvalue weighted by Gasteiger charge is 2.34. The van der Waals surface area contributed by atoms with Gasteiger partial charge in [-0.3, -0.25) is 0 Å². The molecule has 206 valence electrons. The summed E-state index contributed by atoms with van der Waals surface area (Å²) in [7, 11) is 0. The van der Waals surface area contributed by atoms with E-state index >= 15 is 4.39 Å². The lowest BCUT2D eigenvalue weighted by Gasteiger charge is -2.28. The molecule has 0 saturated carbocycles. The molecule has 2 N–H and O–H groups in total. The molecule has 3 aromatic rings. The summed E-state index contributed by atoms with van der Waals surface area (Å²) >= 11 is 0. The molecule has 3 heterocycles. The second kappa shape index (κ2) is 10.2. The molecule has 38 heavy (non-hydrogen) atoms. The third-order valence-corrected chi connectivity index (χ3v) is 6.66. The Balaban J connectivity index is 1.98. The molecule has 4 rings (SSSR count). The first-order chi connectivity index (χ1) is 17.7. The molecule has 1 aliphatic rings. The molecule has 0 unspecified atom stereocenters. The molecule has 1 aliphatic heterocycles. The van der Waals surface area contributed by atoms with Gasteiger partial charge in [0.15, 0.2) is 29.1 Å². The second-order valence-electron chi connectivity index (χ2n) is 12.2. The second-order valence-corrected chi connectivity index (χ2v) is 12.2. The number of hydrogen-bond acceptors (Lipinski definition) is 6. The number of halogens is 1. The van der Waals surface area contributed by atoms with Crippen LogP contribution in [0.1, 0.15) is 82.9 Å². The van der Waals surface area contributed by atoms with Crippen molar-refractivity contribution in [3.8, 4) is 17.0 Å². The quantitative estimate of drug-likeness (QED) is 0.375. The molecule has 0 spiro atoms. The van der Waals surface area contributed by atoms with Crippen LogP contribution in [0.4, 0.5) is 10.2 Å². The van der Waals surface area contributed by atoms with Gasteiger partial charge in [-0.25, -0.2) is 18.7 Å². The first-order valence-corrected chi connectivity index (χ1v) is 13.2. The highest BCUT2D eigenvalue weighted by Crippen LogP contribution is 2.41. The highest BCUT2D eigenvalue weighted by molar-refractivity contribution is 5.82. The highest BCUT2D eigenvalue weighted by atomic mass is 19.1. The van der Waals surface area contributed by atoms with Crippen LogP contribution in [0.5, 0.6) is 5.75 Å².